The molecule has 4 heterocycles. The fraction of sp³-hybridized carbons (Fsp3) is 0.250. The molecule has 0 N–H and O–H groups in total. The highest BCUT2D eigenvalue weighted by Gasteiger charge is 2.38. The lowest BCUT2D eigenvalue weighted by Gasteiger charge is -2.28. The SMILES string of the molecule is Cc1ccc(C2C=C(c3cccn3C)N=C3SCC(=O)N32)s1. The zero-order chi connectivity index (χ0) is 15.3. The first-order valence-corrected chi connectivity index (χ1v) is 8.87. The Bertz CT molecular complexity index is 815. The highest BCUT2D eigenvalue weighted by atomic mass is 32.2. The number of aliphatic imine (C=N–C) groups is 1. The fourth-order valence-electron chi connectivity index (χ4n) is 2.79. The van der Waals surface area contributed by atoms with Gasteiger partial charge in [-0.05, 0) is 37.3 Å². The summed E-state index contributed by atoms with van der Waals surface area (Å²) in [6, 6.07) is 8.25. The summed E-state index contributed by atoms with van der Waals surface area (Å²) in [5, 5.41) is 0.819. The van der Waals surface area contributed by atoms with Crippen molar-refractivity contribution in [2.45, 2.75) is 13.0 Å². The van der Waals surface area contributed by atoms with Gasteiger partial charge in [-0.25, -0.2) is 4.99 Å². The molecule has 1 saturated heterocycles. The second-order valence-electron chi connectivity index (χ2n) is 5.40. The second-order valence-corrected chi connectivity index (χ2v) is 7.66. The van der Waals surface area contributed by atoms with Crippen molar-refractivity contribution in [2.75, 3.05) is 5.75 Å². The Balaban J connectivity index is 1.83. The monoisotopic (exact) mass is 329 g/mol. The van der Waals surface area contributed by atoms with Gasteiger partial charge in [0.15, 0.2) is 5.17 Å². The molecule has 4 nitrogen and oxygen atoms in total. The van der Waals surface area contributed by atoms with Crippen LogP contribution < -0.4 is 0 Å². The lowest BCUT2D eigenvalue weighted by Crippen LogP contribution is -2.34. The number of hydrogen-bond donors (Lipinski definition) is 0. The van der Waals surface area contributed by atoms with Crippen molar-refractivity contribution in [3.05, 3.63) is 52.0 Å². The Morgan fingerprint density at radius 1 is 1.32 bits per heavy atom. The maximum absolute atomic E-state index is 12.3. The molecule has 1 amide bonds. The van der Waals surface area contributed by atoms with E-state index in [2.05, 4.69) is 35.8 Å². The third-order valence-corrected chi connectivity index (χ3v) is 5.88. The molecule has 2 aliphatic heterocycles. The van der Waals surface area contributed by atoms with Crippen LogP contribution in [0.2, 0.25) is 0 Å². The molecular formula is C16H15N3OS2. The number of carbonyl (C=O) groups excluding carboxylic acids is 1. The summed E-state index contributed by atoms with van der Waals surface area (Å²) in [4.78, 5) is 21.2. The first kappa shape index (κ1) is 13.8. The van der Waals surface area contributed by atoms with Crippen LogP contribution in [0.5, 0.6) is 0 Å². The van der Waals surface area contributed by atoms with Crippen LogP contribution >= 0.6 is 23.1 Å². The van der Waals surface area contributed by atoms with E-state index in [4.69, 9.17) is 4.99 Å². The second kappa shape index (κ2) is 5.14. The summed E-state index contributed by atoms with van der Waals surface area (Å²) in [5.74, 6) is 0.621. The molecule has 4 rings (SSSR count). The summed E-state index contributed by atoms with van der Waals surface area (Å²) in [6.45, 7) is 2.09. The molecule has 112 valence electrons. The van der Waals surface area contributed by atoms with E-state index < -0.39 is 0 Å². The molecular weight excluding hydrogens is 314 g/mol. The number of amides is 1. The van der Waals surface area contributed by atoms with Crippen molar-refractivity contribution in [1.82, 2.24) is 9.47 Å². The predicted octanol–water partition coefficient (Wildman–Crippen LogP) is 3.42. The van der Waals surface area contributed by atoms with Crippen LogP contribution in [0.3, 0.4) is 0 Å². The van der Waals surface area contributed by atoms with Gasteiger partial charge in [-0.2, -0.15) is 0 Å². The van der Waals surface area contributed by atoms with Crippen molar-refractivity contribution in [2.24, 2.45) is 12.0 Å². The maximum Gasteiger partial charge on any atom is 0.239 e. The Hall–Kier alpha value is -1.79. The molecule has 22 heavy (non-hydrogen) atoms. The number of aromatic nitrogens is 1. The third kappa shape index (κ3) is 2.14. The number of amidine groups is 1. The quantitative estimate of drug-likeness (QED) is 0.846. The normalized spacial score (nSPS) is 20.9. The molecule has 2 aromatic rings. The molecule has 0 spiro atoms. The van der Waals surface area contributed by atoms with Crippen molar-refractivity contribution >= 4 is 39.9 Å². The molecule has 0 bridgehead atoms. The Morgan fingerprint density at radius 2 is 2.18 bits per heavy atom. The van der Waals surface area contributed by atoms with E-state index in [0.717, 1.165) is 16.6 Å². The number of carbonyl (C=O) groups is 1. The Labute approximate surface area is 137 Å². The number of aryl methyl sites for hydroxylation is 2. The zero-order valence-electron chi connectivity index (χ0n) is 12.3. The van der Waals surface area contributed by atoms with Crippen LogP contribution in [-0.2, 0) is 11.8 Å². The minimum atomic E-state index is -0.0430. The Kier molecular flexibility index (Phi) is 3.23. The van der Waals surface area contributed by atoms with Gasteiger partial charge in [0.25, 0.3) is 0 Å². The standard InChI is InChI=1S/C16H15N3OS2/c1-10-5-6-14(22-10)13-8-11(12-4-3-7-18(12)2)17-16-19(13)15(20)9-21-16/h3-8,13H,9H2,1-2H3. The topological polar surface area (TPSA) is 37.6 Å². The summed E-state index contributed by atoms with van der Waals surface area (Å²) < 4.78 is 2.06. The van der Waals surface area contributed by atoms with Gasteiger partial charge in [-0.1, -0.05) is 11.8 Å². The number of nitrogens with zero attached hydrogens (tertiary/aromatic N) is 3. The predicted molar refractivity (Wildman–Crippen MR) is 91.9 cm³/mol. The van der Waals surface area contributed by atoms with Gasteiger partial charge < -0.3 is 4.57 Å². The number of hydrogen-bond acceptors (Lipinski definition) is 4. The third-order valence-electron chi connectivity index (χ3n) is 3.87. The van der Waals surface area contributed by atoms with E-state index in [1.54, 1.807) is 11.3 Å². The zero-order valence-corrected chi connectivity index (χ0v) is 13.9. The van der Waals surface area contributed by atoms with E-state index in [-0.39, 0.29) is 11.9 Å². The van der Waals surface area contributed by atoms with Gasteiger partial charge in [-0.15, -0.1) is 11.3 Å². The van der Waals surface area contributed by atoms with Crippen molar-refractivity contribution in [3.8, 4) is 0 Å². The molecule has 0 aromatic carbocycles. The van der Waals surface area contributed by atoms with Gasteiger partial charge >= 0.3 is 0 Å². The van der Waals surface area contributed by atoms with Gasteiger partial charge in [-0.3, -0.25) is 9.69 Å². The average molecular weight is 329 g/mol. The number of thiophene rings is 1. The fourth-order valence-corrected chi connectivity index (χ4v) is 4.64. The summed E-state index contributed by atoms with van der Waals surface area (Å²) in [5.41, 5.74) is 2.02. The summed E-state index contributed by atoms with van der Waals surface area (Å²) in [7, 11) is 2.01. The molecule has 1 atom stereocenters. The van der Waals surface area contributed by atoms with E-state index >= 15 is 0 Å². The van der Waals surface area contributed by atoms with Crippen LogP contribution in [0.25, 0.3) is 5.70 Å². The summed E-state index contributed by atoms with van der Waals surface area (Å²) in [6.07, 6.45) is 4.12. The van der Waals surface area contributed by atoms with Crippen LogP contribution in [0.15, 0.2) is 41.5 Å². The highest BCUT2D eigenvalue weighted by molar-refractivity contribution is 8.15. The van der Waals surface area contributed by atoms with E-state index in [1.165, 1.54) is 21.5 Å². The van der Waals surface area contributed by atoms with Crippen LogP contribution in [0.1, 0.15) is 21.5 Å². The van der Waals surface area contributed by atoms with Gasteiger partial charge in [0, 0.05) is 23.0 Å². The van der Waals surface area contributed by atoms with Crippen LogP contribution in [0, 0.1) is 6.92 Å². The van der Waals surface area contributed by atoms with E-state index in [1.807, 2.05) is 24.2 Å². The van der Waals surface area contributed by atoms with E-state index in [9.17, 15) is 4.79 Å². The lowest BCUT2D eigenvalue weighted by atomic mass is 10.1. The largest absolute Gasteiger partial charge is 0.349 e. The number of thioether (sulfide) groups is 1. The smallest absolute Gasteiger partial charge is 0.239 e. The molecule has 0 saturated carbocycles. The number of fused-ring (bicyclic) bond motifs is 1. The van der Waals surface area contributed by atoms with Crippen LogP contribution in [-0.4, -0.2) is 26.3 Å². The number of rotatable bonds is 2. The minimum absolute atomic E-state index is 0.0430. The van der Waals surface area contributed by atoms with Gasteiger partial charge in [0.05, 0.1) is 23.2 Å². The molecule has 0 radical (unpaired) electrons. The van der Waals surface area contributed by atoms with E-state index in [0.29, 0.717) is 5.75 Å². The van der Waals surface area contributed by atoms with Crippen molar-refractivity contribution < 1.29 is 4.79 Å². The average Bonchev–Trinajstić information content (AvgIpc) is 3.20. The van der Waals surface area contributed by atoms with Crippen LogP contribution in [0.4, 0.5) is 0 Å². The molecule has 1 unspecified atom stereocenters. The maximum atomic E-state index is 12.3. The van der Waals surface area contributed by atoms with Gasteiger partial charge in [0.1, 0.15) is 0 Å². The summed E-state index contributed by atoms with van der Waals surface area (Å²) >= 11 is 3.27. The first-order chi connectivity index (χ1) is 10.6. The van der Waals surface area contributed by atoms with Crippen molar-refractivity contribution in [3.63, 3.8) is 0 Å². The molecule has 1 fully saturated rings. The van der Waals surface area contributed by atoms with Crippen molar-refractivity contribution in [1.29, 1.82) is 0 Å². The van der Waals surface area contributed by atoms with Gasteiger partial charge in [0.2, 0.25) is 5.91 Å². The first-order valence-electron chi connectivity index (χ1n) is 7.07. The molecule has 2 aromatic heterocycles. The minimum Gasteiger partial charge on any atom is -0.349 e. The molecule has 6 heteroatoms. The highest BCUT2D eigenvalue weighted by Crippen LogP contribution is 2.40. The molecule has 0 aliphatic carbocycles. The lowest BCUT2D eigenvalue weighted by molar-refractivity contribution is -0.125. The molecule has 2 aliphatic rings. The Morgan fingerprint density at radius 3 is 2.86 bits per heavy atom.